The Labute approximate surface area is 153 Å². The molecule has 0 saturated heterocycles. The Bertz CT molecular complexity index is 785. The number of hydrogen-bond donors (Lipinski definition) is 1. The van der Waals surface area contributed by atoms with Crippen molar-refractivity contribution in [3.8, 4) is 5.75 Å². The number of esters is 1. The fraction of sp³-hybridized carbons (Fsp3) is 0.176. The second-order valence-electron chi connectivity index (χ2n) is 4.99. The van der Waals surface area contributed by atoms with E-state index in [2.05, 4.69) is 5.32 Å². The lowest BCUT2D eigenvalue weighted by molar-refractivity contribution is -0.155. The molecule has 5 nitrogen and oxygen atoms in total. The highest BCUT2D eigenvalue weighted by Gasteiger charge is 2.19. The minimum atomic E-state index is -1.07. The van der Waals surface area contributed by atoms with E-state index in [0.717, 1.165) is 6.07 Å². The summed E-state index contributed by atoms with van der Waals surface area (Å²) in [5.41, 5.74) is 0.343. The number of amides is 1. The number of benzene rings is 2. The van der Waals surface area contributed by atoms with Crippen LogP contribution in [0.2, 0.25) is 10.0 Å². The van der Waals surface area contributed by atoms with Crippen LogP contribution in [0.5, 0.6) is 5.75 Å². The van der Waals surface area contributed by atoms with Gasteiger partial charge in [0.2, 0.25) is 0 Å². The summed E-state index contributed by atoms with van der Waals surface area (Å²) < 4.78 is 23.1. The smallest absolute Gasteiger partial charge is 0.344 e. The normalized spacial score (nSPS) is 11.5. The first-order valence-corrected chi connectivity index (χ1v) is 7.94. The van der Waals surface area contributed by atoms with Gasteiger partial charge in [0.1, 0.15) is 11.6 Å². The van der Waals surface area contributed by atoms with Crippen molar-refractivity contribution >= 4 is 40.8 Å². The van der Waals surface area contributed by atoms with Crippen molar-refractivity contribution in [3.63, 3.8) is 0 Å². The first-order valence-electron chi connectivity index (χ1n) is 7.19. The quantitative estimate of drug-likeness (QED) is 0.760. The maximum Gasteiger partial charge on any atom is 0.344 e. The number of carbonyl (C=O) groups excluding carboxylic acids is 2. The fourth-order valence-electron chi connectivity index (χ4n) is 1.81. The molecule has 0 aliphatic heterocycles. The average molecular weight is 386 g/mol. The van der Waals surface area contributed by atoms with Gasteiger partial charge >= 0.3 is 5.97 Å². The van der Waals surface area contributed by atoms with Gasteiger partial charge in [-0.3, -0.25) is 4.79 Å². The van der Waals surface area contributed by atoms with Gasteiger partial charge in [0.25, 0.3) is 5.91 Å². The number of nitrogens with one attached hydrogen (secondary N) is 1. The molecule has 2 rings (SSSR count). The third kappa shape index (κ3) is 5.92. The Morgan fingerprint density at radius 2 is 1.96 bits per heavy atom. The SMILES string of the molecule is C[C@H](OC(=O)COc1cccc(F)c1)C(=O)Nc1ccc(Cl)cc1Cl. The van der Waals surface area contributed by atoms with Crippen molar-refractivity contribution in [3.05, 3.63) is 58.3 Å². The van der Waals surface area contributed by atoms with Crippen molar-refractivity contribution < 1.29 is 23.5 Å². The van der Waals surface area contributed by atoms with Crippen LogP contribution in [0.4, 0.5) is 10.1 Å². The van der Waals surface area contributed by atoms with Crippen LogP contribution in [0.1, 0.15) is 6.92 Å². The van der Waals surface area contributed by atoms with Gasteiger partial charge in [-0.15, -0.1) is 0 Å². The molecule has 25 heavy (non-hydrogen) atoms. The third-order valence-corrected chi connectivity index (χ3v) is 3.57. The Morgan fingerprint density at radius 3 is 2.64 bits per heavy atom. The molecule has 0 aromatic heterocycles. The summed E-state index contributed by atoms with van der Waals surface area (Å²) in [5.74, 6) is -1.64. The Morgan fingerprint density at radius 1 is 1.20 bits per heavy atom. The van der Waals surface area contributed by atoms with E-state index in [4.69, 9.17) is 32.7 Å². The van der Waals surface area contributed by atoms with Gasteiger partial charge in [-0.2, -0.15) is 0 Å². The van der Waals surface area contributed by atoms with Crippen LogP contribution < -0.4 is 10.1 Å². The van der Waals surface area contributed by atoms with E-state index in [0.29, 0.717) is 10.7 Å². The lowest BCUT2D eigenvalue weighted by Gasteiger charge is -2.14. The van der Waals surface area contributed by atoms with E-state index in [1.54, 1.807) is 6.07 Å². The largest absolute Gasteiger partial charge is 0.482 e. The lowest BCUT2D eigenvalue weighted by atomic mass is 10.3. The van der Waals surface area contributed by atoms with E-state index in [1.165, 1.54) is 37.3 Å². The van der Waals surface area contributed by atoms with Gasteiger partial charge in [0, 0.05) is 11.1 Å². The standard InChI is InChI=1S/C17H14Cl2FNO4/c1-10(17(23)21-15-6-5-11(18)7-14(15)19)25-16(22)9-24-13-4-2-3-12(20)8-13/h2-8,10H,9H2,1H3,(H,21,23)/t10-/m0/s1. The van der Waals surface area contributed by atoms with E-state index in [1.807, 2.05) is 0 Å². The Kier molecular flexibility index (Phi) is 6.61. The van der Waals surface area contributed by atoms with Gasteiger partial charge in [0.15, 0.2) is 12.7 Å². The van der Waals surface area contributed by atoms with Crippen LogP contribution in [-0.2, 0) is 14.3 Å². The molecule has 0 aliphatic rings. The van der Waals surface area contributed by atoms with Gasteiger partial charge in [-0.1, -0.05) is 29.3 Å². The highest BCUT2D eigenvalue weighted by Crippen LogP contribution is 2.25. The Hall–Kier alpha value is -2.31. The van der Waals surface area contributed by atoms with E-state index < -0.39 is 30.4 Å². The van der Waals surface area contributed by atoms with Crippen LogP contribution >= 0.6 is 23.2 Å². The summed E-state index contributed by atoms with van der Waals surface area (Å²) in [7, 11) is 0. The molecule has 0 spiro atoms. The number of rotatable bonds is 6. The number of ether oxygens (including phenoxy) is 2. The molecule has 132 valence electrons. The van der Waals surface area contributed by atoms with E-state index >= 15 is 0 Å². The Balaban J connectivity index is 1.84. The highest BCUT2D eigenvalue weighted by molar-refractivity contribution is 6.36. The fourth-order valence-corrected chi connectivity index (χ4v) is 2.26. The number of halogens is 3. The molecule has 1 N–H and O–H groups in total. The molecule has 0 radical (unpaired) electrons. The minimum absolute atomic E-state index is 0.182. The molecule has 0 bridgehead atoms. The zero-order valence-electron chi connectivity index (χ0n) is 13.1. The number of hydrogen-bond acceptors (Lipinski definition) is 4. The highest BCUT2D eigenvalue weighted by atomic mass is 35.5. The second kappa shape index (κ2) is 8.69. The molecule has 0 heterocycles. The third-order valence-electron chi connectivity index (χ3n) is 3.02. The van der Waals surface area contributed by atoms with Crippen molar-refractivity contribution in [2.24, 2.45) is 0 Å². The van der Waals surface area contributed by atoms with Gasteiger partial charge in [0.05, 0.1) is 10.7 Å². The summed E-state index contributed by atoms with van der Waals surface area (Å²) in [4.78, 5) is 23.7. The molecule has 1 amide bonds. The molecule has 0 fully saturated rings. The maximum absolute atomic E-state index is 13.0. The van der Waals surface area contributed by atoms with Crippen molar-refractivity contribution in [1.82, 2.24) is 0 Å². The average Bonchev–Trinajstić information content (AvgIpc) is 2.55. The first kappa shape index (κ1) is 19.0. The molecule has 1 atom stereocenters. The lowest BCUT2D eigenvalue weighted by Crippen LogP contribution is -2.31. The van der Waals surface area contributed by atoms with Crippen LogP contribution in [-0.4, -0.2) is 24.6 Å². The number of carbonyl (C=O) groups is 2. The first-order chi connectivity index (χ1) is 11.8. The molecule has 8 heteroatoms. The molecule has 2 aromatic carbocycles. The molecule has 2 aromatic rings. The number of anilines is 1. The van der Waals surface area contributed by atoms with Crippen molar-refractivity contribution in [2.75, 3.05) is 11.9 Å². The van der Waals surface area contributed by atoms with Crippen LogP contribution in [0.3, 0.4) is 0 Å². The van der Waals surface area contributed by atoms with Crippen molar-refractivity contribution in [2.45, 2.75) is 13.0 Å². The van der Waals surface area contributed by atoms with Crippen LogP contribution in [0.25, 0.3) is 0 Å². The molecule has 0 unspecified atom stereocenters. The predicted molar refractivity (Wildman–Crippen MR) is 92.5 cm³/mol. The molecule has 0 aliphatic carbocycles. The second-order valence-corrected chi connectivity index (χ2v) is 5.84. The maximum atomic E-state index is 13.0. The molecular formula is C17H14Cl2FNO4. The van der Waals surface area contributed by atoms with Gasteiger partial charge in [-0.25, -0.2) is 9.18 Å². The summed E-state index contributed by atoms with van der Waals surface area (Å²) >= 11 is 11.7. The molecular weight excluding hydrogens is 372 g/mol. The summed E-state index contributed by atoms with van der Waals surface area (Å²) in [5, 5.41) is 3.21. The monoisotopic (exact) mass is 385 g/mol. The predicted octanol–water partition coefficient (Wildman–Crippen LogP) is 4.08. The zero-order chi connectivity index (χ0) is 18.4. The summed E-state index contributed by atoms with van der Waals surface area (Å²) in [6.45, 7) is 0.946. The molecule has 0 saturated carbocycles. The van der Waals surface area contributed by atoms with E-state index in [-0.39, 0.29) is 10.8 Å². The van der Waals surface area contributed by atoms with Crippen LogP contribution in [0.15, 0.2) is 42.5 Å². The zero-order valence-corrected chi connectivity index (χ0v) is 14.6. The van der Waals surface area contributed by atoms with Gasteiger partial charge < -0.3 is 14.8 Å². The minimum Gasteiger partial charge on any atom is -0.482 e. The van der Waals surface area contributed by atoms with Crippen molar-refractivity contribution in [1.29, 1.82) is 0 Å². The van der Waals surface area contributed by atoms with Crippen LogP contribution in [0, 0.1) is 5.82 Å². The van der Waals surface area contributed by atoms with Gasteiger partial charge in [-0.05, 0) is 37.3 Å². The summed E-state index contributed by atoms with van der Waals surface area (Å²) in [6, 6.07) is 9.89. The van der Waals surface area contributed by atoms with E-state index in [9.17, 15) is 14.0 Å². The summed E-state index contributed by atoms with van der Waals surface area (Å²) in [6.07, 6.45) is -1.07. The topological polar surface area (TPSA) is 64.6 Å².